The van der Waals surface area contributed by atoms with Gasteiger partial charge in [-0.1, -0.05) is 0 Å². The fourth-order valence-electron chi connectivity index (χ4n) is 2.84. The summed E-state index contributed by atoms with van der Waals surface area (Å²) in [6, 6.07) is 0. The Balaban J connectivity index is 1.50. The number of nitrogens with two attached hydrogens (primary N) is 1. The Hall–Kier alpha value is -1.66. The first kappa shape index (κ1) is 17.7. The number of aliphatic hydroxyl groups is 2. The lowest BCUT2D eigenvalue weighted by molar-refractivity contribution is -0.0543. The first-order valence-corrected chi connectivity index (χ1v) is 9.43. The summed E-state index contributed by atoms with van der Waals surface area (Å²) in [5, 5.41) is 20.6. The van der Waals surface area contributed by atoms with Crippen molar-refractivity contribution >= 4 is 24.8 Å². The number of nitrogens with zero attached hydrogens (tertiary/aromatic N) is 4. The Morgan fingerprint density at radius 2 is 2.04 bits per heavy atom. The molecular formula is C13H18N5O7P. The van der Waals surface area contributed by atoms with Crippen LogP contribution in [0.4, 0.5) is 5.82 Å². The molecule has 2 aliphatic rings. The summed E-state index contributed by atoms with van der Waals surface area (Å²) in [5.41, 5.74) is 6.45. The van der Waals surface area contributed by atoms with Crippen LogP contribution in [-0.2, 0) is 22.9 Å². The molecule has 4 heterocycles. The molecular weight excluding hydrogens is 369 g/mol. The third-order valence-electron chi connectivity index (χ3n) is 4.18. The first-order chi connectivity index (χ1) is 12.5. The molecule has 2 aromatic heterocycles. The minimum absolute atomic E-state index is 0.186. The van der Waals surface area contributed by atoms with Crippen LogP contribution in [0.2, 0.25) is 0 Å². The molecule has 2 aromatic rings. The van der Waals surface area contributed by atoms with Gasteiger partial charge >= 0.3 is 7.82 Å². The maximum Gasteiger partial charge on any atom is 0.474 e. The van der Waals surface area contributed by atoms with Crippen LogP contribution in [0.15, 0.2) is 12.7 Å². The molecule has 2 fully saturated rings. The van der Waals surface area contributed by atoms with Crippen molar-refractivity contribution in [3.8, 4) is 0 Å². The van der Waals surface area contributed by atoms with Crippen LogP contribution < -0.4 is 5.73 Å². The molecule has 0 bridgehead atoms. The van der Waals surface area contributed by atoms with E-state index < -0.39 is 32.4 Å². The van der Waals surface area contributed by atoms with E-state index in [9.17, 15) is 14.8 Å². The van der Waals surface area contributed by atoms with Crippen LogP contribution in [0.1, 0.15) is 12.6 Å². The molecule has 4 N–H and O–H groups in total. The van der Waals surface area contributed by atoms with Gasteiger partial charge in [0.2, 0.25) is 0 Å². The van der Waals surface area contributed by atoms with Crippen molar-refractivity contribution in [2.24, 2.45) is 0 Å². The van der Waals surface area contributed by atoms with Gasteiger partial charge in [-0.15, -0.1) is 0 Å². The number of phosphoric acid groups is 1. The van der Waals surface area contributed by atoms with Crippen molar-refractivity contribution < 1.29 is 33.1 Å². The number of anilines is 1. The molecule has 0 radical (unpaired) electrons. The summed E-state index contributed by atoms with van der Waals surface area (Å²) < 4.78 is 34.5. The van der Waals surface area contributed by atoms with Crippen LogP contribution in [-0.4, -0.2) is 67.9 Å². The van der Waals surface area contributed by atoms with Crippen molar-refractivity contribution in [3.63, 3.8) is 0 Å². The second-order valence-corrected chi connectivity index (χ2v) is 7.56. The van der Waals surface area contributed by atoms with E-state index in [0.717, 1.165) is 0 Å². The summed E-state index contributed by atoms with van der Waals surface area (Å²) in [6.07, 6.45) is -1.24. The van der Waals surface area contributed by atoms with E-state index in [1.807, 2.05) is 0 Å². The second-order valence-electron chi connectivity index (χ2n) is 5.89. The second kappa shape index (κ2) is 6.82. The average Bonchev–Trinajstić information content (AvgIpc) is 3.17. The van der Waals surface area contributed by atoms with Crippen LogP contribution in [0.3, 0.4) is 0 Å². The minimum Gasteiger partial charge on any atom is -0.387 e. The van der Waals surface area contributed by atoms with E-state index in [0.29, 0.717) is 17.6 Å². The number of imidazole rings is 1. The molecule has 0 saturated carbocycles. The predicted molar refractivity (Wildman–Crippen MR) is 85.7 cm³/mol. The number of hydrogen-bond acceptors (Lipinski definition) is 11. The lowest BCUT2D eigenvalue weighted by Gasteiger charge is -2.23. The zero-order chi connectivity index (χ0) is 18.3. The van der Waals surface area contributed by atoms with Gasteiger partial charge in [-0.25, -0.2) is 19.5 Å². The SMILES string of the molecule is Nc1ncnc2c1ncn2[C@@H]1O[C@H](COP2(=O)OCCCO2)[C@@H](O)[C@@H]1O. The normalized spacial score (nSPS) is 31.5. The maximum absolute atomic E-state index is 12.2. The highest BCUT2D eigenvalue weighted by molar-refractivity contribution is 7.48. The molecule has 142 valence electrons. The zero-order valence-electron chi connectivity index (χ0n) is 13.5. The molecule has 13 heteroatoms. The van der Waals surface area contributed by atoms with Gasteiger partial charge < -0.3 is 20.7 Å². The number of aliphatic hydroxyl groups excluding tert-OH is 2. The fraction of sp³-hybridized carbons (Fsp3) is 0.615. The van der Waals surface area contributed by atoms with Crippen molar-refractivity contribution in [2.75, 3.05) is 25.6 Å². The lowest BCUT2D eigenvalue weighted by Crippen LogP contribution is -2.33. The highest BCUT2D eigenvalue weighted by Gasteiger charge is 2.45. The molecule has 2 saturated heterocycles. The average molecular weight is 387 g/mol. The van der Waals surface area contributed by atoms with E-state index in [4.69, 9.17) is 24.0 Å². The number of aromatic nitrogens is 4. The summed E-state index contributed by atoms with van der Waals surface area (Å²) in [4.78, 5) is 12.0. The Morgan fingerprint density at radius 1 is 1.27 bits per heavy atom. The molecule has 4 rings (SSSR count). The largest absolute Gasteiger partial charge is 0.474 e. The molecule has 0 spiro atoms. The molecule has 0 unspecified atom stereocenters. The summed E-state index contributed by atoms with van der Waals surface area (Å²) in [6.45, 7) is 0.243. The van der Waals surface area contributed by atoms with Gasteiger partial charge in [0.1, 0.15) is 30.2 Å². The van der Waals surface area contributed by atoms with Crippen molar-refractivity contribution in [2.45, 2.75) is 31.0 Å². The molecule has 2 aliphatic heterocycles. The predicted octanol–water partition coefficient (Wildman–Crippen LogP) is -0.411. The Kier molecular flexibility index (Phi) is 4.65. The van der Waals surface area contributed by atoms with Crippen molar-refractivity contribution in [1.82, 2.24) is 19.5 Å². The topological polar surface area (TPSA) is 164 Å². The van der Waals surface area contributed by atoms with Crippen LogP contribution in [0.5, 0.6) is 0 Å². The summed E-state index contributed by atoms with van der Waals surface area (Å²) in [5.74, 6) is 0.186. The lowest BCUT2D eigenvalue weighted by atomic mass is 10.1. The molecule has 0 aromatic carbocycles. The minimum atomic E-state index is -3.67. The number of fused-ring (bicyclic) bond motifs is 1. The van der Waals surface area contributed by atoms with E-state index >= 15 is 0 Å². The Labute approximate surface area is 147 Å². The van der Waals surface area contributed by atoms with Gasteiger partial charge in [0.25, 0.3) is 0 Å². The monoisotopic (exact) mass is 387 g/mol. The number of phosphoric ester groups is 1. The Morgan fingerprint density at radius 3 is 2.81 bits per heavy atom. The van der Waals surface area contributed by atoms with Gasteiger partial charge in [-0.05, 0) is 6.42 Å². The Bertz CT molecular complexity index is 837. The zero-order valence-corrected chi connectivity index (χ0v) is 14.4. The summed E-state index contributed by atoms with van der Waals surface area (Å²) >= 11 is 0. The molecule has 0 amide bonds. The van der Waals surface area contributed by atoms with Gasteiger partial charge in [0.05, 0.1) is 26.1 Å². The van der Waals surface area contributed by atoms with Crippen LogP contribution >= 0.6 is 7.82 Å². The highest BCUT2D eigenvalue weighted by atomic mass is 31.2. The van der Waals surface area contributed by atoms with Gasteiger partial charge in [0.15, 0.2) is 17.7 Å². The fourth-order valence-corrected chi connectivity index (χ4v) is 4.10. The smallest absolute Gasteiger partial charge is 0.387 e. The van der Waals surface area contributed by atoms with E-state index in [-0.39, 0.29) is 25.6 Å². The van der Waals surface area contributed by atoms with Gasteiger partial charge in [-0.2, -0.15) is 0 Å². The molecule has 12 nitrogen and oxygen atoms in total. The number of rotatable bonds is 4. The standard InChI is InChI=1S/C13H18N5O7P/c14-11-8-12(16-5-15-11)18(6-17-8)13-10(20)9(19)7(25-13)4-24-26(21)22-2-1-3-23-26/h5-7,9-10,13,19-20H,1-4H2,(H2,14,15,16)/t7-,9-,10+,13-/m1/s1. The van der Waals surface area contributed by atoms with Crippen molar-refractivity contribution in [3.05, 3.63) is 12.7 Å². The highest BCUT2D eigenvalue weighted by Crippen LogP contribution is 2.52. The maximum atomic E-state index is 12.2. The van der Waals surface area contributed by atoms with E-state index in [1.54, 1.807) is 0 Å². The summed E-state index contributed by atoms with van der Waals surface area (Å²) in [7, 11) is -3.67. The first-order valence-electron chi connectivity index (χ1n) is 7.97. The molecule has 0 aliphatic carbocycles. The number of ether oxygens (including phenoxy) is 1. The van der Waals surface area contributed by atoms with E-state index in [2.05, 4.69) is 15.0 Å². The van der Waals surface area contributed by atoms with Crippen LogP contribution in [0.25, 0.3) is 11.2 Å². The number of nitrogen functional groups attached to an aromatic ring is 1. The van der Waals surface area contributed by atoms with Gasteiger partial charge in [-0.3, -0.25) is 18.1 Å². The third-order valence-corrected chi connectivity index (χ3v) is 5.65. The molecule has 26 heavy (non-hydrogen) atoms. The molecule has 4 atom stereocenters. The van der Waals surface area contributed by atoms with E-state index in [1.165, 1.54) is 17.2 Å². The quantitative estimate of drug-likeness (QED) is 0.584. The number of hydrogen-bond donors (Lipinski definition) is 3. The van der Waals surface area contributed by atoms with Crippen LogP contribution in [0, 0.1) is 0 Å². The van der Waals surface area contributed by atoms with Gasteiger partial charge in [0, 0.05) is 0 Å². The van der Waals surface area contributed by atoms with Crippen molar-refractivity contribution in [1.29, 1.82) is 0 Å². The third kappa shape index (κ3) is 3.09.